The van der Waals surface area contributed by atoms with E-state index in [9.17, 15) is 4.79 Å². The summed E-state index contributed by atoms with van der Waals surface area (Å²) >= 11 is 1.41. The lowest BCUT2D eigenvalue weighted by molar-refractivity contribution is 0.394. The summed E-state index contributed by atoms with van der Waals surface area (Å²) < 4.78 is 16.5. The summed E-state index contributed by atoms with van der Waals surface area (Å²) in [5.74, 6) is 3.03. The zero-order chi connectivity index (χ0) is 19.6. The Bertz CT molecular complexity index is 1030. The van der Waals surface area contributed by atoms with Crippen molar-refractivity contribution in [2.75, 3.05) is 14.2 Å². The van der Waals surface area contributed by atoms with Gasteiger partial charge in [0, 0.05) is 23.1 Å². The van der Waals surface area contributed by atoms with Gasteiger partial charge in [-0.15, -0.1) is 0 Å². The van der Waals surface area contributed by atoms with E-state index in [1.165, 1.54) is 11.8 Å². The van der Waals surface area contributed by atoms with E-state index in [0.717, 1.165) is 17.0 Å². The highest BCUT2D eigenvalue weighted by atomic mass is 32.2. The second kappa shape index (κ2) is 7.87. The molecule has 0 aliphatic carbocycles. The predicted octanol–water partition coefficient (Wildman–Crippen LogP) is 3.66. The molecule has 0 unspecified atom stereocenters. The Morgan fingerprint density at radius 2 is 1.93 bits per heavy atom. The summed E-state index contributed by atoms with van der Waals surface area (Å²) in [6.45, 7) is 5.44. The number of nitrogens with zero attached hydrogens (tertiary/aromatic N) is 2. The van der Waals surface area contributed by atoms with Gasteiger partial charge in [-0.2, -0.15) is 0 Å². The minimum Gasteiger partial charge on any atom is -0.497 e. The van der Waals surface area contributed by atoms with E-state index in [4.69, 9.17) is 13.9 Å². The molecule has 3 rings (SSSR count). The van der Waals surface area contributed by atoms with E-state index >= 15 is 0 Å². The third-order valence-corrected chi connectivity index (χ3v) is 5.13. The maximum absolute atomic E-state index is 11.9. The molecular formula is C19H21N3O4S. The highest BCUT2D eigenvalue weighted by molar-refractivity contribution is 7.98. The predicted molar refractivity (Wildman–Crippen MR) is 104 cm³/mol. The van der Waals surface area contributed by atoms with Crippen molar-refractivity contribution in [3.05, 3.63) is 51.3 Å². The first-order valence-electron chi connectivity index (χ1n) is 8.32. The van der Waals surface area contributed by atoms with Gasteiger partial charge in [0.25, 0.3) is 5.56 Å². The van der Waals surface area contributed by atoms with Crippen LogP contribution in [0, 0.1) is 20.8 Å². The molecule has 1 N–H and O–H groups in total. The molecule has 0 saturated carbocycles. The number of rotatable bonds is 6. The minimum atomic E-state index is -0.120. The van der Waals surface area contributed by atoms with Crippen molar-refractivity contribution in [1.82, 2.24) is 15.0 Å². The molecule has 0 saturated heterocycles. The molecule has 142 valence electrons. The van der Waals surface area contributed by atoms with Gasteiger partial charge in [-0.3, -0.25) is 4.79 Å². The summed E-state index contributed by atoms with van der Waals surface area (Å²) in [4.78, 5) is 23.7. The molecule has 0 aliphatic heterocycles. The smallest absolute Gasteiger partial charge is 0.254 e. The number of methoxy groups -OCH3 is 2. The monoisotopic (exact) mass is 387 g/mol. The van der Waals surface area contributed by atoms with Crippen LogP contribution in [-0.2, 0) is 5.75 Å². The van der Waals surface area contributed by atoms with Crippen LogP contribution in [0.3, 0.4) is 0 Å². The van der Waals surface area contributed by atoms with E-state index in [1.807, 2.05) is 26.0 Å². The number of hydrogen-bond acceptors (Lipinski definition) is 7. The number of benzene rings is 1. The molecule has 7 nitrogen and oxygen atoms in total. The number of aryl methyl sites for hydroxylation is 2. The number of aromatic nitrogens is 3. The second-order valence-electron chi connectivity index (χ2n) is 5.96. The van der Waals surface area contributed by atoms with Crippen molar-refractivity contribution in [2.24, 2.45) is 0 Å². The van der Waals surface area contributed by atoms with Crippen molar-refractivity contribution in [3.63, 3.8) is 0 Å². The maximum Gasteiger partial charge on any atom is 0.254 e. The normalized spacial score (nSPS) is 10.9. The molecule has 2 heterocycles. The van der Waals surface area contributed by atoms with Gasteiger partial charge in [0.15, 0.2) is 5.16 Å². The summed E-state index contributed by atoms with van der Waals surface area (Å²) in [5, 5.41) is 0.564. The Balaban J connectivity index is 1.84. The number of H-pyrrole nitrogens is 1. The van der Waals surface area contributed by atoms with Gasteiger partial charge in [0.05, 0.1) is 25.5 Å². The molecule has 27 heavy (non-hydrogen) atoms. The Kier molecular flexibility index (Phi) is 5.55. The van der Waals surface area contributed by atoms with Gasteiger partial charge in [-0.1, -0.05) is 11.8 Å². The number of oxazole rings is 1. The molecule has 1 aromatic carbocycles. The zero-order valence-corrected chi connectivity index (χ0v) is 16.7. The van der Waals surface area contributed by atoms with Crippen LogP contribution in [0.15, 0.2) is 32.6 Å². The Labute approximate surface area is 161 Å². The van der Waals surface area contributed by atoms with Gasteiger partial charge in [-0.25, -0.2) is 9.97 Å². The topological polar surface area (TPSA) is 90.2 Å². The molecule has 0 amide bonds. The zero-order valence-electron chi connectivity index (χ0n) is 15.9. The van der Waals surface area contributed by atoms with Crippen LogP contribution in [0.4, 0.5) is 0 Å². The molecule has 0 radical (unpaired) electrons. The first kappa shape index (κ1) is 19.0. The van der Waals surface area contributed by atoms with E-state index in [1.54, 1.807) is 27.2 Å². The van der Waals surface area contributed by atoms with Crippen LogP contribution in [-0.4, -0.2) is 29.2 Å². The van der Waals surface area contributed by atoms with Crippen LogP contribution < -0.4 is 15.0 Å². The number of hydrogen-bond donors (Lipinski definition) is 1. The van der Waals surface area contributed by atoms with Crippen LogP contribution >= 0.6 is 11.8 Å². The van der Waals surface area contributed by atoms with Gasteiger partial charge in [-0.05, 0) is 32.9 Å². The van der Waals surface area contributed by atoms with Crippen LogP contribution in [0.5, 0.6) is 11.5 Å². The molecular weight excluding hydrogens is 366 g/mol. The Hall–Kier alpha value is -2.74. The van der Waals surface area contributed by atoms with Crippen molar-refractivity contribution >= 4 is 11.8 Å². The van der Waals surface area contributed by atoms with Crippen LogP contribution in [0.25, 0.3) is 11.5 Å². The first-order valence-corrected chi connectivity index (χ1v) is 9.30. The van der Waals surface area contributed by atoms with Crippen molar-refractivity contribution in [2.45, 2.75) is 31.7 Å². The summed E-state index contributed by atoms with van der Waals surface area (Å²) in [7, 11) is 3.19. The SMILES string of the molecule is COc1ccc(-c2nc(CSc3nc(C)c(C)c(=O)[nH]3)c(C)o2)c(OC)c1. The highest BCUT2D eigenvalue weighted by Gasteiger charge is 2.17. The van der Waals surface area contributed by atoms with E-state index in [2.05, 4.69) is 15.0 Å². The van der Waals surface area contributed by atoms with E-state index in [-0.39, 0.29) is 5.56 Å². The lowest BCUT2D eigenvalue weighted by atomic mass is 10.2. The number of aromatic amines is 1. The summed E-state index contributed by atoms with van der Waals surface area (Å²) in [6.07, 6.45) is 0. The number of thioether (sulfide) groups is 1. The van der Waals surface area contributed by atoms with Crippen LogP contribution in [0.2, 0.25) is 0 Å². The maximum atomic E-state index is 11.9. The molecule has 0 aliphatic rings. The van der Waals surface area contributed by atoms with Crippen molar-refractivity contribution in [1.29, 1.82) is 0 Å². The van der Waals surface area contributed by atoms with Gasteiger partial charge in [0.2, 0.25) is 5.89 Å². The quantitative estimate of drug-likeness (QED) is 0.510. The standard InChI is InChI=1S/C19H21N3O4S/c1-10-11(2)20-19(22-17(10)23)27-9-15-12(3)26-18(21-15)14-7-6-13(24-4)8-16(14)25-5/h6-8H,9H2,1-5H3,(H,20,22,23). The largest absolute Gasteiger partial charge is 0.497 e. The van der Waals surface area contributed by atoms with Crippen LogP contribution in [0.1, 0.15) is 22.7 Å². The van der Waals surface area contributed by atoms with Crippen molar-refractivity contribution in [3.8, 4) is 23.0 Å². The Morgan fingerprint density at radius 1 is 1.15 bits per heavy atom. The van der Waals surface area contributed by atoms with Crippen molar-refractivity contribution < 1.29 is 13.9 Å². The van der Waals surface area contributed by atoms with Gasteiger partial charge >= 0.3 is 0 Å². The molecule has 2 aromatic heterocycles. The minimum absolute atomic E-state index is 0.120. The van der Waals surface area contributed by atoms with Gasteiger partial charge in [0.1, 0.15) is 17.3 Å². The van der Waals surface area contributed by atoms with Gasteiger partial charge < -0.3 is 18.9 Å². The summed E-state index contributed by atoms with van der Waals surface area (Å²) in [6, 6.07) is 5.46. The number of ether oxygens (including phenoxy) is 2. The average Bonchev–Trinajstić information content (AvgIpc) is 3.04. The fourth-order valence-corrected chi connectivity index (χ4v) is 3.38. The highest BCUT2D eigenvalue weighted by Crippen LogP contribution is 2.34. The average molecular weight is 387 g/mol. The molecule has 0 atom stereocenters. The fourth-order valence-electron chi connectivity index (χ4n) is 2.48. The molecule has 0 fully saturated rings. The second-order valence-corrected chi connectivity index (χ2v) is 6.92. The first-order chi connectivity index (χ1) is 12.9. The Morgan fingerprint density at radius 3 is 2.59 bits per heavy atom. The lowest BCUT2D eigenvalue weighted by Gasteiger charge is -2.07. The van der Waals surface area contributed by atoms with E-state index in [0.29, 0.717) is 39.6 Å². The molecule has 0 spiro atoms. The fraction of sp³-hybridized carbons (Fsp3) is 0.316. The molecule has 8 heteroatoms. The molecule has 3 aromatic rings. The third-order valence-electron chi connectivity index (χ3n) is 4.25. The number of nitrogens with one attached hydrogen (secondary N) is 1. The summed E-state index contributed by atoms with van der Waals surface area (Å²) in [5.41, 5.74) is 2.77. The molecule has 0 bridgehead atoms. The third kappa shape index (κ3) is 4.00. The van der Waals surface area contributed by atoms with E-state index < -0.39 is 0 Å². The lowest BCUT2D eigenvalue weighted by Crippen LogP contribution is -2.14.